The molecule has 1 saturated carbocycles. The van der Waals surface area contributed by atoms with Crippen LogP contribution in [0, 0.1) is 15.7 Å². The molecule has 0 amide bonds. The van der Waals surface area contributed by atoms with Gasteiger partial charge in [0.1, 0.15) is 5.82 Å². The highest BCUT2D eigenvalue weighted by Crippen LogP contribution is 2.60. The number of aliphatic hydroxyl groups excluding tert-OH is 1. The highest BCUT2D eigenvalue weighted by atomic mass is 19.3. The Kier molecular flexibility index (Phi) is 6.71. The minimum absolute atomic E-state index is 0.0203. The smallest absolute Gasteiger partial charge is 0.256 e. The van der Waals surface area contributed by atoms with Gasteiger partial charge in [-0.25, -0.2) is 13.8 Å². The Labute approximate surface area is 176 Å². The van der Waals surface area contributed by atoms with Crippen LogP contribution in [0.2, 0.25) is 0 Å². The van der Waals surface area contributed by atoms with Crippen molar-refractivity contribution < 1.29 is 13.9 Å². The Morgan fingerprint density at radius 2 is 1.83 bits per heavy atom. The molecule has 0 aliphatic heterocycles. The summed E-state index contributed by atoms with van der Waals surface area (Å²) in [5, 5.41) is 18.0. The van der Waals surface area contributed by atoms with Crippen molar-refractivity contribution >= 4 is 11.5 Å². The average molecular weight is 423 g/mol. The van der Waals surface area contributed by atoms with E-state index in [1.165, 1.54) is 7.05 Å². The number of nitroso groups, excluding NO2 is 1. The number of anilines is 2. The maximum atomic E-state index is 13.5. The molecule has 0 saturated heterocycles. The summed E-state index contributed by atoms with van der Waals surface area (Å²) in [6, 6.07) is 3.83. The molecular weight excluding hydrogens is 390 g/mol. The minimum atomic E-state index is -2.59. The van der Waals surface area contributed by atoms with Crippen LogP contribution in [0.1, 0.15) is 39.8 Å². The first-order chi connectivity index (χ1) is 13.9. The zero-order valence-electron chi connectivity index (χ0n) is 18.5. The molecule has 2 unspecified atom stereocenters. The molecule has 3 N–H and O–H groups in total. The van der Waals surface area contributed by atoms with Gasteiger partial charge in [0.25, 0.3) is 5.92 Å². The molecule has 1 aromatic rings. The fourth-order valence-electron chi connectivity index (χ4n) is 3.61. The molecule has 2 atom stereocenters. The Morgan fingerprint density at radius 1 is 1.23 bits per heavy atom. The first-order valence-corrected chi connectivity index (χ1v) is 9.94. The van der Waals surface area contributed by atoms with E-state index in [0.717, 1.165) is 11.3 Å². The zero-order valence-corrected chi connectivity index (χ0v) is 18.5. The summed E-state index contributed by atoms with van der Waals surface area (Å²) in [5.41, 5.74) is 0.847. The van der Waals surface area contributed by atoms with E-state index in [1.54, 1.807) is 14.0 Å². The fourth-order valence-corrected chi connectivity index (χ4v) is 3.61. The van der Waals surface area contributed by atoms with Gasteiger partial charge in [-0.2, -0.15) is 4.91 Å². The maximum absolute atomic E-state index is 13.5. The van der Waals surface area contributed by atoms with Gasteiger partial charge in [0.2, 0.25) is 0 Å². The predicted molar refractivity (Wildman–Crippen MR) is 117 cm³/mol. The van der Waals surface area contributed by atoms with Gasteiger partial charge < -0.3 is 15.7 Å². The number of halogens is 2. The molecule has 8 heteroatoms. The summed E-state index contributed by atoms with van der Waals surface area (Å²) < 4.78 is 26.9. The predicted octanol–water partition coefficient (Wildman–Crippen LogP) is 4.74. The summed E-state index contributed by atoms with van der Waals surface area (Å²) in [5.74, 6) is -1.96. The standard InChI is InChI=1S/C21H29F2N3O.CH3NO/c1-18(2)9-8-14(11-27)10-20(18,4)16-7-6-15(17(24-5)26-16)25-13-19(3)12-21(19,22)23;1-2-3/h6-10,25,27H,11-13H2,1-5H3,(H,24,26);1H3. The number of alkyl halides is 2. The molecule has 166 valence electrons. The molecule has 2 aliphatic carbocycles. The number of hydrogen-bond acceptors (Lipinski definition) is 6. The van der Waals surface area contributed by atoms with Gasteiger partial charge in [0.15, 0.2) is 0 Å². The van der Waals surface area contributed by atoms with E-state index in [9.17, 15) is 13.9 Å². The largest absolute Gasteiger partial charge is 0.392 e. The third-order valence-electron chi connectivity index (χ3n) is 6.41. The first-order valence-electron chi connectivity index (χ1n) is 9.94. The van der Waals surface area contributed by atoms with Crippen molar-refractivity contribution in [2.75, 3.05) is 37.9 Å². The molecule has 3 rings (SSSR count). The normalized spacial score (nSPS) is 28.0. The van der Waals surface area contributed by atoms with Crippen LogP contribution in [-0.2, 0) is 5.41 Å². The second-order valence-electron chi connectivity index (χ2n) is 8.96. The van der Waals surface area contributed by atoms with Crippen LogP contribution < -0.4 is 10.6 Å². The Morgan fingerprint density at radius 3 is 2.33 bits per heavy atom. The van der Waals surface area contributed by atoms with E-state index >= 15 is 0 Å². The number of pyridine rings is 1. The molecule has 1 fully saturated rings. The van der Waals surface area contributed by atoms with Crippen LogP contribution in [0.15, 0.2) is 41.1 Å². The Balaban J connectivity index is 0.00000101. The first kappa shape index (κ1) is 23.9. The molecule has 6 nitrogen and oxygen atoms in total. The van der Waals surface area contributed by atoms with Crippen LogP contribution in [0.25, 0.3) is 0 Å². The van der Waals surface area contributed by atoms with Crippen LogP contribution in [0.4, 0.5) is 20.3 Å². The highest BCUT2D eigenvalue weighted by molar-refractivity contribution is 5.65. The molecule has 0 bridgehead atoms. The summed E-state index contributed by atoms with van der Waals surface area (Å²) in [7, 11) is 2.97. The third-order valence-corrected chi connectivity index (χ3v) is 6.41. The lowest BCUT2D eigenvalue weighted by Crippen LogP contribution is -2.39. The number of rotatable bonds is 6. The number of aliphatic hydroxyl groups is 1. The lowest BCUT2D eigenvalue weighted by atomic mass is 9.61. The number of nitrogens with zero attached hydrogens (tertiary/aromatic N) is 2. The monoisotopic (exact) mass is 422 g/mol. The lowest BCUT2D eigenvalue weighted by molar-refractivity contribution is 0.0742. The summed E-state index contributed by atoms with van der Waals surface area (Å²) in [6.07, 6.45) is 6.03. The molecular formula is C22H32F2N4O2. The van der Waals surface area contributed by atoms with Gasteiger partial charge in [0.05, 0.1) is 30.5 Å². The zero-order chi connectivity index (χ0) is 22.8. The van der Waals surface area contributed by atoms with Crippen LogP contribution in [-0.4, -0.2) is 43.3 Å². The lowest BCUT2D eigenvalue weighted by Gasteiger charge is -2.43. The molecule has 0 radical (unpaired) electrons. The second kappa shape index (κ2) is 8.41. The van der Waals surface area contributed by atoms with Crippen molar-refractivity contribution in [3.63, 3.8) is 0 Å². The van der Waals surface area contributed by atoms with Crippen molar-refractivity contribution in [3.05, 3.63) is 46.5 Å². The van der Waals surface area contributed by atoms with E-state index in [4.69, 9.17) is 9.89 Å². The molecule has 1 heterocycles. The highest BCUT2D eigenvalue weighted by Gasteiger charge is 2.67. The average Bonchev–Trinajstić information content (AvgIpc) is 3.20. The number of hydrogen-bond donors (Lipinski definition) is 3. The van der Waals surface area contributed by atoms with Crippen molar-refractivity contribution in [1.82, 2.24) is 4.98 Å². The van der Waals surface area contributed by atoms with Gasteiger partial charge in [-0.3, -0.25) is 0 Å². The van der Waals surface area contributed by atoms with E-state index in [-0.39, 0.29) is 25.0 Å². The Hall–Kier alpha value is -2.35. The van der Waals surface area contributed by atoms with Gasteiger partial charge in [-0.15, -0.1) is 0 Å². The molecule has 0 aromatic carbocycles. The van der Waals surface area contributed by atoms with Crippen molar-refractivity contribution in [2.45, 2.75) is 45.5 Å². The molecule has 2 aliphatic rings. The Bertz CT molecular complexity index is 854. The van der Waals surface area contributed by atoms with Crippen molar-refractivity contribution in [3.8, 4) is 0 Å². The number of aromatic nitrogens is 1. The van der Waals surface area contributed by atoms with E-state index in [2.05, 4.69) is 48.7 Å². The van der Waals surface area contributed by atoms with Gasteiger partial charge in [0, 0.05) is 25.4 Å². The van der Waals surface area contributed by atoms with E-state index in [1.807, 2.05) is 18.2 Å². The fraction of sp³-hybridized carbons (Fsp3) is 0.591. The molecule has 30 heavy (non-hydrogen) atoms. The van der Waals surface area contributed by atoms with Gasteiger partial charge >= 0.3 is 0 Å². The second-order valence-corrected chi connectivity index (χ2v) is 8.96. The summed E-state index contributed by atoms with van der Waals surface area (Å²) in [6.45, 7) is 8.16. The number of allylic oxidation sites excluding steroid dienone is 2. The van der Waals surface area contributed by atoms with E-state index in [0.29, 0.717) is 11.5 Å². The maximum Gasteiger partial charge on any atom is 0.256 e. The minimum Gasteiger partial charge on any atom is -0.392 e. The van der Waals surface area contributed by atoms with E-state index < -0.39 is 16.8 Å². The van der Waals surface area contributed by atoms with Crippen LogP contribution in [0.5, 0.6) is 0 Å². The van der Waals surface area contributed by atoms with Crippen LogP contribution in [0.3, 0.4) is 0 Å². The third kappa shape index (κ3) is 4.38. The van der Waals surface area contributed by atoms with Gasteiger partial charge in [-0.1, -0.05) is 44.2 Å². The topological polar surface area (TPSA) is 86.6 Å². The molecule has 0 spiro atoms. The quantitative estimate of drug-likeness (QED) is 0.577. The summed E-state index contributed by atoms with van der Waals surface area (Å²) >= 11 is 0. The SMILES string of the molecule is CN=O.CNc1nc(C2(C)C=C(CO)C=CC2(C)C)ccc1NCC1(C)CC1(F)F. The number of nitrogens with one attached hydrogen (secondary N) is 2. The molecule has 1 aromatic heterocycles. The van der Waals surface area contributed by atoms with Crippen molar-refractivity contribution in [1.29, 1.82) is 0 Å². The van der Waals surface area contributed by atoms with Gasteiger partial charge in [-0.05, 0) is 30.0 Å². The van der Waals surface area contributed by atoms with Crippen LogP contribution >= 0.6 is 0 Å². The van der Waals surface area contributed by atoms with Crippen molar-refractivity contribution in [2.24, 2.45) is 16.0 Å². The summed E-state index contributed by atoms with van der Waals surface area (Å²) in [4.78, 5) is 13.3.